The number of nitrogens with zero attached hydrogens (tertiary/aromatic N) is 2. The highest BCUT2D eigenvalue weighted by atomic mass is 19.4. The van der Waals surface area contributed by atoms with Gasteiger partial charge in [0.05, 0.1) is 0 Å². The molecule has 3 atom stereocenters. The van der Waals surface area contributed by atoms with Crippen molar-refractivity contribution in [2.45, 2.75) is 38.0 Å². The number of hydrogen-bond acceptors (Lipinski definition) is 4. The fraction of sp³-hybridized carbons (Fsp3) is 0.526. The summed E-state index contributed by atoms with van der Waals surface area (Å²) < 4.78 is 31.7. The van der Waals surface area contributed by atoms with Crippen LogP contribution in [0.1, 0.15) is 25.3 Å². The quantitative estimate of drug-likeness (QED) is 0.803. The second-order valence-electron chi connectivity index (χ2n) is 7.46. The van der Waals surface area contributed by atoms with Crippen molar-refractivity contribution in [3.63, 3.8) is 0 Å². The maximum Gasteiger partial charge on any atom is 0.490 e. The molecule has 6 nitrogen and oxygen atoms in total. The van der Waals surface area contributed by atoms with Gasteiger partial charge in [-0.1, -0.05) is 30.3 Å². The Morgan fingerprint density at radius 3 is 2.50 bits per heavy atom. The number of halogens is 3. The number of likely N-dealkylation sites (tertiary alicyclic amines) is 1. The van der Waals surface area contributed by atoms with Gasteiger partial charge in [0.1, 0.15) is 11.4 Å². The van der Waals surface area contributed by atoms with Gasteiger partial charge in [-0.05, 0) is 31.2 Å². The van der Waals surface area contributed by atoms with Gasteiger partial charge in [0.2, 0.25) is 0 Å². The molecule has 0 unspecified atom stereocenters. The first kappa shape index (κ1) is 20.3. The standard InChI is InChI=1S/C17H21N3O.C2HF3O2/c1-12-18-16(21)17(19-12)8-7-14-10-20(11-15(14)17)9-13-5-3-2-4-6-13;3-2(4,5)1(6)7/h2-6,14-15H,7-11H2,1H3,(H,18,19,21);(H,6,7)/t14-,15+,17-;/m1./s1. The van der Waals surface area contributed by atoms with Crippen LogP contribution in [0.25, 0.3) is 0 Å². The number of alkyl halides is 3. The normalized spacial score (nSPS) is 29.1. The number of carboxylic acids is 1. The van der Waals surface area contributed by atoms with E-state index in [1.807, 2.05) is 6.92 Å². The van der Waals surface area contributed by atoms with E-state index < -0.39 is 17.7 Å². The highest BCUT2D eigenvalue weighted by Crippen LogP contribution is 2.48. The van der Waals surface area contributed by atoms with Crippen LogP contribution < -0.4 is 5.32 Å². The molecular formula is C19H22F3N3O3. The molecule has 1 spiro atoms. The number of rotatable bonds is 2. The molecule has 2 fully saturated rings. The lowest BCUT2D eigenvalue weighted by Gasteiger charge is -2.25. The number of aliphatic imine (C=N–C) groups is 1. The summed E-state index contributed by atoms with van der Waals surface area (Å²) in [6.45, 7) is 4.97. The van der Waals surface area contributed by atoms with Gasteiger partial charge in [-0.2, -0.15) is 13.2 Å². The van der Waals surface area contributed by atoms with E-state index in [1.54, 1.807) is 0 Å². The van der Waals surface area contributed by atoms with Gasteiger partial charge in [0.25, 0.3) is 5.91 Å². The Bertz CT molecular complexity index is 782. The van der Waals surface area contributed by atoms with Gasteiger partial charge < -0.3 is 10.4 Å². The number of fused-ring (bicyclic) bond motifs is 2. The molecule has 1 aliphatic carbocycles. The Morgan fingerprint density at radius 1 is 1.32 bits per heavy atom. The smallest absolute Gasteiger partial charge is 0.475 e. The Morgan fingerprint density at radius 2 is 1.96 bits per heavy atom. The zero-order valence-electron chi connectivity index (χ0n) is 15.4. The Hall–Kier alpha value is -2.42. The van der Waals surface area contributed by atoms with Gasteiger partial charge in [0, 0.05) is 25.6 Å². The van der Waals surface area contributed by atoms with Crippen molar-refractivity contribution in [1.29, 1.82) is 0 Å². The van der Waals surface area contributed by atoms with E-state index in [4.69, 9.17) is 14.9 Å². The van der Waals surface area contributed by atoms with E-state index in [-0.39, 0.29) is 5.91 Å². The maximum absolute atomic E-state index is 12.4. The monoisotopic (exact) mass is 397 g/mol. The lowest BCUT2D eigenvalue weighted by molar-refractivity contribution is -0.192. The van der Waals surface area contributed by atoms with Gasteiger partial charge in [-0.15, -0.1) is 0 Å². The van der Waals surface area contributed by atoms with Crippen LogP contribution in [-0.2, 0) is 16.1 Å². The predicted octanol–water partition coefficient (Wildman–Crippen LogP) is 2.45. The Kier molecular flexibility index (Phi) is 5.47. The number of aliphatic carboxylic acids is 1. The van der Waals surface area contributed by atoms with Crippen molar-refractivity contribution in [2.24, 2.45) is 16.8 Å². The largest absolute Gasteiger partial charge is 0.490 e. The van der Waals surface area contributed by atoms with Crippen LogP contribution in [0.15, 0.2) is 35.3 Å². The molecule has 152 valence electrons. The van der Waals surface area contributed by atoms with Crippen molar-refractivity contribution >= 4 is 17.7 Å². The Labute approximate surface area is 160 Å². The average Bonchev–Trinajstić information content (AvgIpc) is 3.24. The summed E-state index contributed by atoms with van der Waals surface area (Å²) in [6.07, 6.45) is -3.04. The molecule has 0 radical (unpaired) electrons. The molecule has 2 heterocycles. The molecule has 9 heteroatoms. The molecule has 1 aromatic rings. The zero-order valence-corrected chi connectivity index (χ0v) is 15.4. The van der Waals surface area contributed by atoms with Crippen LogP contribution in [0.3, 0.4) is 0 Å². The van der Waals surface area contributed by atoms with Gasteiger partial charge in [0.15, 0.2) is 0 Å². The molecule has 0 bridgehead atoms. The molecule has 4 rings (SSSR count). The molecular weight excluding hydrogens is 375 g/mol. The SMILES string of the molecule is CC1=N[C@@]2(CC[C@@H]3CN(Cc4ccccc4)C[C@@H]32)C(=O)N1.O=C(O)C(F)(F)F. The molecule has 1 saturated carbocycles. The number of amidine groups is 1. The van der Waals surface area contributed by atoms with Gasteiger partial charge >= 0.3 is 12.1 Å². The van der Waals surface area contributed by atoms with Crippen LogP contribution in [0.4, 0.5) is 13.2 Å². The maximum atomic E-state index is 12.4. The second kappa shape index (κ2) is 7.54. The topological polar surface area (TPSA) is 82.0 Å². The first-order chi connectivity index (χ1) is 13.1. The highest BCUT2D eigenvalue weighted by molar-refractivity contribution is 6.07. The lowest BCUT2D eigenvalue weighted by atomic mass is 9.85. The summed E-state index contributed by atoms with van der Waals surface area (Å²) in [5.74, 6) is -0.823. The fourth-order valence-corrected chi connectivity index (χ4v) is 4.43. The molecule has 1 amide bonds. The van der Waals surface area contributed by atoms with Crippen molar-refractivity contribution in [1.82, 2.24) is 10.2 Å². The van der Waals surface area contributed by atoms with Crippen LogP contribution >= 0.6 is 0 Å². The van der Waals surface area contributed by atoms with E-state index in [0.717, 1.165) is 38.3 Å². The van der Waals surface area contributed by atoms with E-state index in [1.165, 1.54) is 5.56 Å². The van der Waals surface area contributed by atoms with E-state index in [0.29, 0.717) is 11.8 Å². The average molecular weight is 397 g/mol. The van der Waals surface area contributed by atoms with E-state index >= 15 is 0 Å². The minimum absolute atomic E-state index is 0.133. The van der Waals surface area contributed by atoms with Crippen LogP contribution in [0.5, 0.6) is 0 Å². The molecule has 2 N–H and O–H groups in total. The van der Waals surface area contributed by atoms with E-state index in [9.17, 15) is 18.0 Å². The summed E-state index contributed by atoms with van der Waals surface area (Å²) in [4.78, 5) is 28.5. The molecule has 2 aliphatic heterocycles. The number of carbonyl (C=O) groups excluding carboxylic acids is 1. The van der Waals surface area contributed by atoms with Crippen molar-refractivity contribution in [2.75, 3.05) is 13.1 Å². The molecule has 1 aromatic carbocycles. The minimum atomic E-state index is -5.08. The summed E-state index contributed by atoms with van der Waals surface area (Å²) in [5.41, 5.74) is 0.891. The third-order valence-corrected chi connectivity index (χ3v) is 5.57. The van der Waals surface area contributed by atoms with Crippen LogP contribution in [0, 0.1) is 11.8 Å². The third-order valence-electron chi connectivity index (χ3n) is 5.57. The number of amides is 1. The number of benzene rings is 1. The van der Waals surface area contributed by atoms with E-state index in [2.05, 4.69) is 40.5 Å². The summed E-state index contributed by atoms with van der Waals surface area (Å²) >= 11 is 0. The van der Waals surface area contributed by atoms with Gasteiger partial charge in [-0.3, -0.25) is 14.7 Å². The molecule has 28 heavy (non-hydrogen) atoms. The number of carboxylic acid groups (broad SMARTS) is 1. The second-order valence-corrected chi connectivity index (χ2v) is 7.46. The summed E-state index contributed by atoms with van der Waals surface area (Å²) in [7, 11) is 0. The van der Waals surface area contributed by atoms with Crippen molar-refractivity contribution in [3.8, 4) is 0 Å². The minimum Gasteiger partial charge on any atom is -0.475 e. The van der Waals surface area contributed by atoms with Crippen molar-refractivity contribution < 1.29 is 27.9 Å². The Balaban J connectivity index is 0.000000279. The number of hydrogen-bond donors (Lipinski definition) is 2. The predicted molar refractivity (Wildman–Crippen MR) is 95.6 cm³/mol. The third kappa shape index (κ3) is 4.04. The number of nitrogens with one attached hydrogen (secondary N) is 1. The first-order valence-corrected chi connectivity index (χ1v) is 9.06. The molecule has 0 aromatic heterocycles. The summed E-state index contributed by atoms with van der Waals surface area (Å²) in [5, 5.41) is 10.0. The lowest BCUT2D eigenvalue weighted by Crippen LogP contribution is -2.44. The molecule has 1 saturated heterocycles. The highest BCUT2D eigenvalue weighted by Gasteiger charge is 2.58. The fourth-order valence-electron chi connectivity index (χ4n) is 4.43. The zero-order chi connectivity index (χ0) is 20.5. The van der Waals surface area contributed by atoms with Gasteiger partial charge in [-0.25, -0.2) is 4.79 Å². The first-order valence-electron chi connectivity index (χ1n) is 9.06. The molecule has 3 aliphatic rings. The van der Waals surface area contributed by atoms with Crippen LogP contribution in [0.2, 0.25) is 0 Å². The number of carbonyl (C=O) groups is 2. The van der Waals surface area contributed by atoms with Crippen LogP contribution in [-0.4, -0.2) is 52.5 Å². The summed E-state index contributed by atoms with van der Waals surface area (Å²) in [6, 6.07) is 10.6. The van der Waals surface area contributed by atoms with Crippen molar-refractivity contribution in [3.05, 3.63) is 35.9 Å².